The van der Waals surface area contributed by atoms with E-state index in [4.69, 9.17) is 9.79 Å². The third kappa shape index (κ3) is 5.62. The summed E-state index contributed by atoms with van der Waals surface area (Å²) in [6, 6.07) is 0. The molecule has 0 aliphatic rings. The second kappa shape index (κ2) is 6.48. The summed E-state index contributed by atoms with van der Waals surface area (Å²) in [5, 5.41) is -1.55. The average molecular weight is 262 g/mol. The molecule has 0 atom stereocenters. The Hall–Kier alpha value is -0.440. The van der Waals surface area contributed by atoms with Crippen molar-refractivity contribution in [2.24, 2.45) is 0 Å². The molecule has 0 spiro atoms. The molecule has 0 unspecified atom stereocenters. The molecule has 0 bridgehead atoms. The van der Waals surface area contributed by atoms with E-state index in [0.717, 1.165) is 12.8 Å². The molecule has 0 heterocycles. The van der Waals surface area contributed by atoms with Gasteiger partial charge < -0.3 is 9.79 Å². The maximum Gasteiger partial charge on any atom is 0.338 e. The Morgan fingerprint density at radius 3 is 2.18 bits per heavy atom. The van der Waals surface area contributed by atoms with Gasteiger partial charge in [0.05, 0.1) is 0 Å². The summed E-state index contributed by atoms with van der Waals surface area (Å²) < 4.78 is 11.1. The standard InChI is InChI=1S/C12H23O4P/c1-10(2)8-6-5-7-9-11(13)12(3,4)17(14,15)16/h8H,5-7,9H2,1-4H3,(H2,14,15,16). The van der Waals surface area contributed by atoms with Crippen LogP contribution in [0.25, 0.3) is 0 Å². The molecule has 0 rings (SSSR count). The van der Waals surface area contributed by atoms with E-state index < -0.39 is 12.8 Å². The van der Waals surface area contributed by atoms with Gasteiger partial charge in [-0.25, -0.2) is 0 Å². The number of rotatable bonds is 7. The van der Waals surface area contributed by atoms with Crippen LogP contribution in [0.4, 0.5) is 0 Å². The van der Waals surface area contributed by atoms with Crippen LogP contribution in [0, 0.1) is 0 Å². The van der Waals surface area contributed by atoms with E-state index in [9.17, 15) is 9.36 Å². The summed E-state index contributed by atoms with van der Waals surface area (Å²) in [7, 11) is -4.36. The molecule has 17 heavy (non-hydrogen) atoms. The van der Waals surface area contributed by atoms with Gasteiger partial charge in [0.25, 0.3) is 0 Å². The van der Waals surface area contributed by atoms with E-state index in [2.05, 4.69) is 6.08 Å². The maximum atomic E-state index is 11.7. The number of unbranched alkanes of at least 4 members (excludes halogenated alkanes) is 2. The summed E-state index contributed by atoms with van der Waals surface area (Å²) in [4.78, 5) is 29.8. The van der Waals surface area contributed by atoms with Crippen LogP contribution in [0.2, 0.25) is 0 Å². The summed E-state index contributed by atoms with van der Waals surface area (Å²) in [5.74, 6) is -0.358. The Bertz CT molecular complexity index is 334. The molecule has 0 aliphatic heterocycles. The number of carbonyl (C=O) groups is 1. The van der Waals surface area contributed by atoms with Crippen molar-refractivity contribution in [2.75, 3.05) is 0 Å². The van der Waals surface area contributed by atoms with E-state index in [1.165, 1.54) is 19.4 Å². The smallest absolute Gasteiger partial charge is 0.324 e. The van der Waals surface area contributed by atoms with Crippen molar-refractivity contribution < 1.29 is 19.1 Å². The minimum Gasteiger partial charge on any atom is -0.324 e. The maximum absolute atomic E-state index is 11.7. The van der Waals surface area contributed by atoms with Gasteiger partial charge >= 0.3 is 7.60 Å². The molecular formula is C12H23O4P. The molecule has 0 aromatic carbocycles. The number of carbonyl (C=O) groups excluding carboxylic acids is 1. The van der Waals surface area contributed by atoms with Crippen LogP contribution >= 0.6 is 7.60 Å². The van der Waals surface area contributed by atoms with E-state index in [-0.39, 0.29) is 12.2 Å². The predicted molar refractivity (Wildman–Crippen MR) is 69.0 cm³/mol. The van der Waals surface area contributed by atoms with Gasteiger partial charge in [-0.2, -0.15) is 0 Å². The van der Waals surface area contributed by atoms with Gasteiger partial charge in [-0.05, 0) is 47.0 Å². The van der Waals surface area contributed by atoms with Gasteiger partial charge in [0, 0.05) is 6.42 Å². The van der Waals surface area contributed by atoms with Crippen molar-refractivity contribution in [3.8, 4) is 0 Å². The third-order valence-corrected chi connectivity index (χ3v) is 4.53. The molecule has 0 saturated heterocycles. The fourth-order valence-electron chi connectivity index (χ4n) is 1.29. The van der Waals surface area contributed by atoms with E-state index in [1.807, 2.05) is 13.8 Å². The second-order valence-electron chi connectivity index (χ2n) is 5.05. The van der Waals surface area contributed by atoms with Crippen LogP contribution in [-0.4, -0.2) is 20.7 Å². The van der Waals surface area contributed by atoms with E-state index in [1.54, 1.807) is 0 Å². The first-order valence-electron chi connectivity index (χ1n) is 5.81. The Morgan fingerprint density at radius 2 is 1.76 bits per heavy atom. The molecule has 0 aromatic rings. The van der Waals surface area contributed by atoms with Gasteiger partial charge in [-0.15, -0.1) is 0 Å². The molecule has 0 radical (unpaired) electrons. The number of hydrogen-bond donors (Lipinski definition) is 2. The highest BCUT2D eigenvalue weighted by Gasteiger charge is 2.43. The SMILES string of the molecule is CC(C)=CCCCCC(=O)C(C)(C)P(=O)(O)O. The molecule has 4 nitrogen and oxygen atoms in total. The first kappa shape index (κ1) is 16.6. The highest BCUT2D eigenvalue weighted by atomic mass is 31.2. The summed E-state index contributed by atoms with van der Waals surface area (Å²) >= 11 is 0. The van der Waals surface area contributed by atoms with Crippen molar-refractivity contribution in [3.05, 3.63) is 11.6 Å². The largest absolute Gasteiger partial charge is 0.338 e. The quantitative estimate of drug-likeness (QED) is 0.420. The van der Waals surface area contributed by atoms with Gasteiger partial charge in [0.2, 0.25) is 0 Å². The predicted octanol–water partition coefficient (Wildman–Crippen LogP) is 3.04. The number of hydrogen-bond acceptors (Lipinski definition) is 2. The Labute approximate surface area is 103 Å². The van der Waals surface area contributed by atoms with Crippen LogP contribution in [-0.2, 0) is 9.36 Å². The molecule has 5 heteroatoms. The average Bonchev–Trinajstić information content (AvgIpc) is 2.14. The molecule has 0 aliphatic carbocycles. The zero-order valence-electron chi connectivity index (χ0n) is 11.1. The van der Waals surface area contributed by atoms with Crippen LogP contribution in [0.5, 0.6) is 0 Å². The molecular weight excluding hydrogens is 239 g/mol. The van der Waals surface area contributed by atoms with Crippen LogP contribution < -0.4 is 0 Å². The highest BCUT2D eigenvalue weighted by Crippen LogP contribution is 2.51. The van der Waals surface area contributed by atoms with Crippen LogP contribution in [0.15, 0.2) is 11.6 Å². The van der Waals surface area contributed by atoms with Gasteiger partial charge in [0.15, 0.2) is 5.78 Å². The van der Waals surface area contributed by atoms with Crippen molar-refractivity contribution in [3.63, 3.8) is 0 Å². The van der Waals surface area contributed by atoms with E-state index >= 15 is 0 Å². The van der Waals surface area contributed by atoms with Crippen molar-refractivity contribution in [2.45, 2.75) is 58.5 Å². The lowest BCUT2D eigenvalue weighted by Crippen LogP contribution is -2.31. The first-order valence-corrected chi connectivity index (χ1v) is 7.42. The highest BCUT2D eigenvalue weighted by molar-refractivity contribution is 7.54. The van der Waals surface area contributed by atoms with Gasteiger partial charge in [-0.3, -0.25) is 9.36 Å². The number of allylic oxidation sites excluding steroid dienone is 2. The zero-order chi connectivity index (χ0) is 13.7. The summed E-state index contributed by atoms with van der Waals surface area (Å²) in [6.45, 7) is 6.66. The van der Waals surface area contributed by atoms with E-state index in [0.29, 0.717) is 6.42 Å². The molecule has 0 saturated carbocycles. The van der Waals surface area contributed by atoms with Gasteiger partial charge in [-0.1, -0.05) is 11.6 Å². The molecule has 0 amide bonds. The summed E-state index contributed by atoms with van der Waals surface area (Å²) in [5.41, 5.74) is 1.24. The minimum absolute atomic E-state index is 0.231. The number of ketones is 1. The monoisotopic (exact) mass is 262 g/mol. The van der Waals surface area contributed by atoms with Gasteiger partial charge in [0.1, 0.15) is 5.16 Å². The molecule has 0 fully saturated rings. The lowest BCUT2D eigenvalue weighted by molar-refractivity contribution is -0.121. The van der Waals surface area contributed by atoms with Crippen molar-refractivity contribution in [1.82, 2.24) is 0 Å². The Kier molecular flexibility index (Phi) is 6.31. The minimum atomic E-state index is -4.36. The number of Topliss-reactive ketones (excluding diaryl/α,β-unsaturated/α-hetero) is 1. The fraction of sp³-hybridized carbons (Fsp3) is 0.750. The zero-order valence-corrected chi connectivity index (χ0v) is 12.0. The Balaban J connectivity index is 4.12. The third-order valence-electron chi connectivity index (χ3n) is 2.82. The molecule has 2 N–H and O–H groups in total. The fourth-order valence-corrected chi connectivity index (χ4v) is 1.73. The van der Waals surface area contributed by atoms with Crippen LogP contribution in [0.1, 0.15) is 53.4 Å². The lowest BCUT2D eigenvalue weighted by atomic mass is 10.0. The normalized spacial score (nSPS) is 12.4. The van der Waals surface area contributed by atoms with Crippen LogP contribution in [0.3, 0.4) is 0 Å². The Morgan fingerprint density at radius 1 is 1.24 bits per heavy atom. The van der Waals surface area contributed by atoms with Crippen molar-refractivity contribution >= 4 is 13.4 Å². The molecule has 100 valence electrons. The summed E-state index contributed by atoms with van der Waals surface area (Å²) in [6.07, 6.45) is 4.78. The lowest BCUT2D eigenvalue weighted by Gasteiger charge is -2.23. The topological polar surface area (TPSA) is 74.6 Å². The first-order chi connectivity index (χ1) is 7.59. The second-order valence-corrected chi connectivity index (χ2v) is 7.26. The molecule has 0 aromatic heterocycles. The van der Waals surface area contributed by atoms with Crippen molar-refractivity contribution in [1.29, 1.82) is 0 Å².